The van der Waals surface area contributed by atoms with Crippen molar-refractivity contribution in [1.29, 1.82) is 0 Å². The van der Waals surface area contributed by atoms with Crippen LogP contribution >= 0.6 is 0 Å². The molecule has 2 rings (SSSR count). The van der Waals surface area contributed by atoms with Gasteiger partial charge in [0.15, 0.2) is 6.23 Å². The molecule has 1 atom stereocenters. The van der Waals surface area contributed by atoms with E-state index in [1.165, 1.54) is 16.8 Å². The number of nitro benzene ring substituents is 1. The molecule has 1 unspecified atom stereocenters. The fourth-order valence-electron chi connectivity index (χ4n) is 1.73. The fourth-order valence-corrected chi connectivity index (χ4v) is 1.73. The molecule has 8 nitrogen and oxygen atoms in total. The highest BCUT2D eigenvalue weighted by atomic mass is 16.6. The highest BCUT2D eigenvalue weighted by Crippen LogP contribution is 2.23. The summed E-state index contributed by atoms with van der Waals surface area (Å²) >= 11 is 0. The fraction of sp³-hybridized carbons (Fsp3) is 0.273. The number of aryl methyl sites for hydroxylation is 2. The predicted octanol–water partition coefficient (Wildman–Crippen LogP) is 1.04. The van der Waals surface area contributed by atoms with Gasteiger partial charge >= 0.3 is 0 Å². The highest BCUT2D eigenvalue weighted by Gasteiger charge is 2.20. The topological polar surface area (TPSA) is 106 Å². The summed E-state index contributed by atoms with van der Waals surface area (Å²) in [6.45, 7) is 3.41. The van der Waals surface area contributed by atoms with Crippen molar-refractivity contribution in [3.8, 4) is 0 Å². The Balaban J connectivity index is 2.30. The number of nitrogens with one attached hydrogen (secondary N) is 1. The van der Waals surface area contributed by atoms with Gasteiger partial charge in [-0.05, 0) is 19.9 Å². The number of rotatable bonds is 4. The van der Waals surface area contributed by atoms with Crippen molar-refractivity contribution < 1.29 is 10.0 Å². The maximum Gasteiger partial charge on any atom is 0.277 e. The van der Waals surface area contributed by atoms with Crippen LogP contribution in [0.5, 0.6) is 0 Å². The molecule has 0 bridgehead atoms. The third kappa shape index (κ3) is 2.52. The van der Waals surface area contributed by atoms with Gasteiger partial charge in [0, 0.05) is 6.07 Å². The summed E-state index contributed by atoms with van der Waals surface area (Å²) in [5.41, 5.74) is 2.75. The summed E-state index contributed by atoms with van der Waals surface area (Å²) in [4.78, 5) is 10.4. The predicted molar refractivity (Wildman–Crippen MR) is 66.9 cm³/mol. The van der Waals surface area contributed by atoms with Crippen LogP contribution in [0.2, 0.25) is 0 Å². The summed E-state index contributed by atoms with van der Waals surface area (Å²) in [6.07, 6.45) is -1.23. The molecule has 0 aliphatic rings. The van der Waals surface area contributed by atoms with E-state index in [0.717, 1.165) is 0 Å². The van der Waals surface area contributed by atoms with E-state index in [2.05, 4.69) is 15.6 Å². The standard InChI is InChI=1S/C11H13N5O3/c1-7-12-13-8(2)15(7)14-11(17)9-5-3-4-6-10(9)16(18)19/h3-6,11,14,17H,1-2H3. The van der Waals surface area contributed by atoms with Gasteiger partial charge < -0.3 is 5.11 Å². The molecule has 0 aliphatic heterocycles. The van der Waals surface area contributed by atoms with Gasteiger partial charge in [-0.2, -0.15) is 0 Å². The van der Waals surface area contributed by atoms with Crippen LogP contribution in [0, 0.1) is 24.0 Å². The van der Waals surface area contributed by atoms with E-state index in [0.29, 0.717) is 11.6 Å². The van der Waals surface area contributed by atoms with Crippen LogP contribution in [-0.4, -0.2) is 24.9 Å². The van der Waals surface area contributed by atoms with Crippen LogP contribution in [0.25, 0.3) is 0 Å². The van der Waals surface area contributed by atoms with E-state index >= 15 is 0 Å². The van der Waals surface area contributed by atoms with Crippen LogP contribution in [-0.2, 0) is 0 Å². The second kappa shape index (κ2) is 5.02. The van der Waals surface area contributed by atoms with Crippen molar-refractivity contribution in [3.63, 3.8) is 0 Å². The number of aliphatic hydroxyl groups is 1. The van der Waals surface area contributed by atoms with Gasteiger partial charge in [0.25, 0.3) is 5.69 Å². The molecule has 1 heterocycles. The van der Waals surface area contributed by atoms with Crippen molar-refractivity contribution >= 4 is 5.69 Å². The van der Waals surface area contributed by atoms with Crippen molar-refractivity contribution in [2.45, 2.75) is 20.1 Å². The summed E-state index contributed by atoms with van der Waals surface area (Å²) in [7, 11) is 0. The zero-order valence-electron chi connectivity index (χ0n) is 10.4. The molecule has 0 saturated heterocycles. The summed E-state index contributed by atoms with van der Waals surface area (Å²) in [6, 6.07) is 6.00. The molecule has 1 aromatic carbocycles. The number of aliphatic hydroxyl groups excluding tert-OH is 1. The Morgan fingerprint density at radius 3 is 2.47 bits per heavy atom. The minimum atomic E-state index is -1.23. The second-order valence-corrected chi connectivity index (χ2v) is 3.98. The number of nitrogens with zero attached hydrogens (tertiary/aromatic N) is 4. The molecule has 0 saturated carbocycles. The van der Waals surface area contributed by atoms with Crippen molar-refractivity contribution in [2.75, 3.05) is 5.43 Å². The number of benzene rings is 1. The Morgan fingerprint density at radius 2 is 1.89 bits per heavy atom. The average molecular weight is 263 g/mol. The van der Waals surface area contributed by atoms with E-state index in [9.17, 15) is 15.2 Å². The molecule has 0 aliphatic carbocycles. The smallest absolute Gasteiger partial charge is 0.277 e. The molecular weight excluding hydrogens is 250 g/mol. The van der Waals surface area contributed by atoms with Crippen molar-refractivity contribution in [3.05, 3.63) is 51.6 Å². The molecule has 0 spiro atoms. The third-order valence-corrected chi connectivity index (χ3v) is 2.67. The number of hydrogen-bond donors (Lipinski definition) is 2. The maximum absolute atomic E-state index is 10.9. The first kappa shape index (κ1) is 13.0. The van der Waals surface area contributed by atoms with Gasteiger partial charge in [-0.15, -0.1) is 10.2 Å². The molecular formula is C11H13N5O3. The van der Waals surface area contributed by atoms with E-state index in [1.807, 2.05) is 0 Å². The van der Waals surface area contributed by atoms with Crippen LogP contribution < -0.4 is 5.43 Å². The SMILES string of the molecule is Cc1nnc(C)n1NC(O)c1ccccc1[N+](=O)[O-]. The van der Waals surface area contributed by atoms with Gasteiger partial charge in [-0.1, -0.05) is 12.1 Å². The van der Waals surface area contributed by atoms with Crippen molar-refractivity contribution in [1.82, 2.24) is 14.9 Å². The average Bonchev–Trinajstić information content (AvgIpc) is 2.70. The lowest BCUT2D eigenvalue weighted by molar-refractivity contribution is -0.386. The summed E-state index contributed by atoms with van der Waals surface area (Å²) < 4.78 is 1.47. The van der Waals surface area contributed by atoms with Gasteiger partial charge in [0.1, 0.15) is 11.6 Å². The van der Waals surface area contributed by atoms with Crippen molar-refractivity contribution in [2.24, 2.45) is 0 Å². The molecule has 0 amide bonds. The largest absolute Gasteiger partial charge is 0.368 e. The quantitative estimate of drug-likeness (QED) is 0.485. The summed E-state index contributed by atoms with van der Waals surface area (Å²) in [5.74, 6) is 1.10. The lowest BCUT2D eigenvalue weighted by Crippen LogP contribution is -2.23. The number of hydrogen-bond acceptors (Lipinski definition) is 6. The van der Waals surface area contributed by atoms with Gasteiger partial charge in [0.2, 0.25) is 0 Å². The van der Waals surface area contributed by atoms with Crippen LogP contribution in [0.15, 0.2) is 24.3 Å². The summed E-state index contributed by atoms with van der Waals surface area (Å²) in [5, 5.41) is 28.6. The Kier molecular flexibility index (Phi) is 3.43. The first-order valence-corrected chi connectivity index (χ1v) is 5.57. The molecule has 2 N–H and O–H groups in total. The second-order valence-electron chi connectivity index (χ2n) is 3.98. The lowest BCUT2D eigenvalue weighted by Gasteiger charge is -2.16. The first-order chi connectivity index (χ1) is 9.00. The third-order valence-electron chi connectivity index (χ3n) is 2.67. The molecule has 1 aromatic heterocycles. The molecule has 19 heavy (non-hydrogen) atoms. The van der Waals surface area contributed by atoms with E-state index in [-0.39, 0.29) is 11.3 Å². The van der Waals surface area contributed by atoms with Gasteiger partial charge in [0.05, 0.1) is 10.5 Å². The van der Waals surface area contributed by atoms with Crippen LogP contribution in [0.3, 0.4) is 0 Å². The zero-order chi connectivity index (χ0) is 14.0. The van der Waals surface area contributed by atoms with Gasteiger partial charge in [-0.25, -0.2) is 4.68 Å². The van der Waals surface area contributed by atoms with Crippen LogP contribution in [0.1, 0.15) is 23.4 Å². The normalized spacial score (nSPS) is 12.2. The maximum atomic E-state index is 10.9. The highest BCUT2D eigenvalue weighted by molar-refractivity contribution is 5.41. The Morgan fingerprint density at radius 1 is 1.32 bits per heavy atom. The first-order valence-electron chi connectivity index (χ1n) is 5.57. The van der Waals surface area contributed by atoms with E-state index < -0.39 is 11.2 Å². The zero-order valence-corrected chi connectivity index (χ0v) is 10.4. The Hall–Kier alpha value is -2.48. The monoisotopic (exact) mass is 263 g/mol. The van der Waals surface area contributed by atoms with Crippen LogP contribution in [0.4, 0.5) is 5.69 Å². The molecule has 2 aromatic rings. The van der Waals surface area contributed by atoms with E-state index in [1.54, 1.807) is 26.0 Å². The van der Waals surface area contributed by atoms with E-state index in [4.69, 9.17) is 0 Å². The molecule has 100 valence electrons. The minimum Gasteiger partial charge on any atom is -0.368 e. The minimum absolute atomic E-state index is 0.147. The Bertz CT molecular complexity index is 591. The number of para-hydroxylation sites is 1. The Labute approximate surface area is 108 Å². The molecule has 8 heteroatoms. The number of nitro groups is 1. The van der Waals surface area contributed by atoms with Gasteiger partial charge in [-0.3, -0.25) is 15.5 Å². The lowest BCUT2D eigenvalue weighted by atomic mass is 10.1. The number of aromatic nitrogens is 3. The molecule has 0 radical (unpaired) electrons. The molecule has 0 fully saturated rings.